The van der Waals surface area contributed by atoms with Crippen LogP contribution >= 0.6 is 0 Å². The Morgan fingerprint density at radius 3 is 2.50 bits per heavy atom. The van der Waals surface area contributed by atoms with E-state index in [4.69, 9.17) is 4.74 Å². The summed E-state index contributed by atoms with van der Waals surface area (Å²) < 4.78 is 5.18. The van der Waals surface area contributed by atoms with E-state index in [1.165, 1.54) is 0 Å². The van der Waals surface area contributed by atoms with Crippen LogP contribution in [0.15, 0.2) is 30.3 Å². The van der Waals surface area contributed by atoms with E-state index >= 15 is 0 Å². The third-order valence-corrected chi connectivity index (χ3v) is 2.91. The Bertz CT molecular complexity index is 302. The zero-order chi connectivity index (χ0) is 12.0. The minimum atomic E-state index is -0.409. The molecule has 0 aliphatic rings. The standard InChI is InChI=1S/C13H21NO2/c1-11(16-3)9-14-13(2,10-15)12-7-5-4-6-8-12/h4-8,11,14-15H,9-10H2,1-3H3. The summed E-state index contributed by atoms with van der Waals surface area (Å²) in [5, 5.41) is 12.9. The van der Waals surface area contributed by atoms with Crippen LogP contribution in [0.1, 0.15) is 19.4 Å². The molecule has 2 N–H and O–H groups in total. The van der Waals surface area contributed by atoms with E-state index in [0.29, 0.717) is 6.54 Å². The average Bonchev–Trinajstić information content (AvgIpc) is 2.36. The van der Waals surface area contributed by atoms with Gasteiger partial charge in [-0.2, -0.15) is 0 Å². The Balaban J connectivity index is 2.70. The van der Waals surface area contributed by atoms with Gasteiger partial charge in [-0.3, -0.25) is 0 Å². The highest BCUT2D eigenvalue weighted by molar-refractivity contribution is 5.23. The first-order valence-electron chi connectivity index (χ1n) is 5.56. The molecule has 1 aromatic rings. The minimum Gasteiger partial charge on any atom is -0.394 e. The fraction of sp³-hybridized carbons (Fsp3) is 0.538. The average molecular weight is 223 g/mol. The first-order valence-corrected chi connectivity index (χ1v) is 5.56. The molecule has 0 saturated heterocycles. The normalized spacial score (nSPS) is 16.8. The Labute approximate surface area is 97.4 Å². The Kier molecular flexibility index (Phi) is 4.93. The lowest BCUT2D eigenvalue weighted by molar-refractivity contribution is 0.0955. The van der Waals surface area contributed by atoms with Crippen LogP contribution in [0, 0.1) is 0 Å². The van der Waals surface area contributed by atoms with Crippen LogP contribution in [-0.2, 0) is 10.3 Å². The topological polar surface area (TPSA) is 41.5 Å². The summed E-state index contributed by atoms with van der Waals surface area (Å²) in [6, 6.07) is 9.95. The fourth-order valence-corrected chi connectivity index (χ4v) is 1.51. The highest BCUT2D eigenvalue weighted by Gasteiger charge is 2.25. The lowest BCUT2D eigenvalue weighted by Gasteiger charge is -2.30. The van der Waals surface area contributed by atoms with Crippen molar-refractivity contribution in [1.82, 2.24) is 5.32 Å². The van der Waals surface area contributed by atoms with E-state index in [0.717, 1.165) is 5.56 Å². The molecule has 0 heterocycles. The van der Waals surface area contributed by atoms with Gasteiger partial charge >= 0.3 is 0 Å². The molecule has 0 saturated carbocycles. The first kappa shape index (κ1) is 13.2. The van der Waals surface area contributed by atoms with Gasteiger partial charge in [0.25, 0.3) is 0 Å². The summed E-state index contributed by atoms with van der Waals surface area (Å²) in [5.74, 6) is 0. The van der Waals surface area contributed by atoms with E-state index in [1.807, 2.05) is 44.2 Å². The van der Waals surface area contributed by atoms with Crippen LogP contribution in [0.2, 0.25) is 0 Å². The predicted octanol–water partition coefficient (Wildman–Crippen LogP) is 1.52. The molecule has 0 amide bonds. The Morgan fingerprint density at radius 2 is 2.00 bits per heavy atom. The number of aliphatic hydroxyl groups is 1. The van der Waals surface area contributed by atoms with Crippen molar-refractivity contribution in [2.45, 2.75) is 25.5 Å². The van der Waals surface area contributed by atoms with E-state index in [-0.39, 0.29) is 12.7 Å². The molecule has 16 heavy (non-hydrogen) atoms. The van der Waals surface area contributed by atoms with Gasteiger partial charge in [0.15, 0.2) is 0 Å². The summed E-state index contributed by atoms with van der Waals surface area (Å²) in [7, 11) is 1.69. The molecular formula is C13H21NO2. The number of hydrogen-bond acceptors (Lipinski definition) is 3. The molecule has 0 aromatic heterocycles. The quantitative estimate of drug-likeness (QED) is 0.768. The Hall–Kier alpha value is -0.900. The summed E-state index contributed by atoms with van der Waals surface area (Å²) in [5.41, 5.74) is 0.675. The third-order valence-electron chi connectivity index (χ3n) is 2.91. The molecule has 0 bridgehead atoms. The molecule has 0 aliphatic carbocycles. The van der Waals surface area contributed by atoms with Gasteiger partial charge < -0.3 is 15.2 Å². The molecule has 1 rings (SSSR count). The van der Waals surface area contributed by atoms with Crippen molar-refractivity contribution >= 4 is 0 Å². The number of ether oxygens (including phenoxy) is 1. The van der Waals surface area contributed by atoms with Crippen molar-refractivity contribution in [3.63, 3.8) is 0 Å². The third kappa shape index (κ3) is 3.30. The van der Waals surface area contributed by atoms with E-state index in [2.05, 4.69) is 5.32 Å². The van der Waals surface area contributed by atoms with E-state index < -0.39 is 5.54 Å². The van der Waals surface area contributed by atoms with Crippen molar-refractivity contribution < 1.29 is 9.84 Å². The summed E-state index contributed by atoms with van der Waals surface area (Å²) in [6.45, 7) is 4.76. The van der Waals surface area contributed by atoms with Crippen LogP contribution in [0.5, 0.6) is 0 Å². The van der Waals surface area contributed by atoms with Gasteiger partial charge in [-0.25, -0.2) is 0 Å². The molecule has 2 unspecified atom stereocenters. The van der Waals surface area contributed by atoms with Crippen LogP contribution in [0.25, 0.3) is 0 Å². The zero-order valence-corrected chi connectivity index (χ0v) is 10.2. The molecule has 3 nitrogen and oxygen atoms in total. The number of aliphatic hydroxyl groups excluding tert-OH is 1. The highest BCUT2D eigenvalue weighted by atomic mass is 16.5. The largest absolute Gasteiger partial charge is 0.394 e. The lowest BCUT2D eigenvalue weighted by Crippen LogP contribution is -2.46. The second kappa shape index (κ2) is 5.99. The minimum absolute atomic E-state index is 0.0629. The summed E-state index contributed by atoms with van der Waals surface area (Å²) in [6.07, 6.45) is 0.134. The predicted molar refractivity (Wildman–Crippen MR) is 65.4 cm³/mol. The van der Waals surface area contributed by atoms with Crippen molar-refractivity contribution in [2.75, 3.05) is 20.3 Å². The maximum absolute atomic E-state index is 9.52. The summed E-state index contributed by atoms with van der Waals surface area (Å²) in [4.78, 5) is 0. The maximum atomic E-state index is 9.52. The number of nitrogens with one attached hydrogen (secondary N) is 1. The van der Waals surface area contributed by atoms with Gasteiger partial charge in [-0.15, -0.1) is 0 Å². The molecular weight excluding hydrogens is 202 g/mol. The van der Waals surface area contributed by atoms with E-state index in [9.17, 15) is 5.11 Å². The van der Waals surface area contributed by atoms with Crippen LogP contribution in [-0.4, -0.2) is 31.5 Å². The van der Waals surface area contributed by atoms with Crippen LogP contribution < -0.4 is 5.32 Å². The fourth-order valence-electron chi connectivity index (χ4n) is 1.51. The second-order valence-corrected chi connectivity index (χ2v) is 4.28. The molecule has 1 aromatic carbocycles. The van der Waals surface area contributed by atoms with Crippen molar-refractivity contribution in [3.05, 3.63) is 35.9 Å². The molecule has 3 heteroatoms. The van der Waals surface area contributed by atoms with Crippen LogP contribution in [0.3, 0.4) is 0 Å². The molecule has 90 valence electrons. The maximum Gasteiger partial charge on any atom is 0.0667 e. The first-order chi connectivity index (χ1) is 7.62. The van der Waals surface area contributed by atoms with E-state index in [1.54, 1.807) is 7.11 Å². The summed E-state index contributed by atoms with van der Waals surface area (Å²) >= 11 is 0. The number of methoxy groups -OCH3 is 1. The monoisotopic (exact) mass is 223 g/mol. The molecule has 0 aliphatic heterocycles. The molecule has 0 spiro atoms. The zero-order valence-electron chi connectivity index (χ0n) is 10.2. The van der Waals surface area contributed by atoms with Gasteiger partial charge in [0.05, 0.1) is 18.2 Å². The van der Waals surface area contributed by atoms with Gasteiger partial charge in [0.1, 0.15) is 0 Å². The van der Waals surface area contributed by atoms with Gasteiger partial charge in [-0.05, 0) is 19.4 Å². The van der Waals surface area contributed by atoms with Crippen molar-refractivity contribution in [3.8, 4) is 0 Å². The van der Waals surface area contributed by atoms with Gasteiger partial charge in [0, 0.05) is 13.7 Å². The van der Waals surface area contributed by atoms with Crippen LogP contribution in [0.4, 0.5) is 0 Å². The number of benzene rings is 1. The van der Waals surface area contributed by atoms with Gasteiger partial charge in [0.2, 0.25) is 0 Å². The highest BCUT2D eigenvalue weighted by Crippen LogP contribution is 2.19. The molecule has 2 atom stereocenters. The second-order valence-electron chi connectivity index (χ2n) is 4.28. The number of rotatable bonds is 6. The Morgan fingerprint density at radius 1 is 1.38 bits per heavy atom. The molecule has 0 fully saturated rings. The lowest BCUT2D eigenvalue weighted by atomic mass is 9.93. The smallest absolute Gasteiger partial charge is 0.0667 e. The van der Waals surface area contributed by atoms with Crippen molar-refractivity contribution in [2.24, 2.45) is 0 Å². The SMILES string of the molecule is COC(C)CNC(C)(CO)c1ccccc1. The molecule has 0 radical (unpaired) electrons. The van der Waals surface area contributed by atoms with Crippen molar-refractivity contribution in [1.29, 1.82) is 0 Å². The number of hydrogen-bond donors (Lipinski definition) is 2. The van der Waals surface area contributed by atoms with Gasteiger partial charge in [-0.1, -0.05) is 30.3 Å².